The SMILES string of the molecule is CNC(=O)CCC(C=O)N1Cc2cc(C(=O)N[C@H](c3ccc(CN(C)C)cc3)C(F)(F)F)ccc2C1=O. The highest BCUT2D eigenvalue weighted by Crippen LogP contribution is 2.33. The topological polar surface area (TPSA) is 98.8 Å². The van der Waals surface area contributed by atoms with E-state index in [4.69, 9.17) is 0 Å². The van der Waals surface area contributed by atoms with Gasteiger partial charge in [-0.05, 0) is 55.4 Å². The Bertz CT molecular complexity index is 1170. The molecule has 2 N–H and O–H groups in total. The van der Waals surface area contributed by atoms with Crippen molar-refractivity contribution in [3.05, 3.63) is 70.3 Å². The molecule has 0 bridgehead atoms. The first kappa shape index (κ1) is 27.9. The number of carbonyl (C=O) groups is 4. The zero-order chi connectivity index (χ0) is 27.3. The summed E-state index contributed by atoms with van der Waals surface area (Å²) in [4.78, 5) is 51.9. The first-order chi connectivity index (χ1) is 17.4. The number of nitrogens with one attached hydrogen (secondary N) is 2. The minimum Gasteiger partial charge on any atom is -0.359 e. The molecule has 198 valence electrons. The maximum Gasteiger partial charge on any atom is 0.412 e. The number of amides is 3. The second-order valence-electron chi connectivity index (χ2n) is 9.15. The maximum atomic E-state index is 13.9. The highest BCUT2D eigenvalue weighted by Gasteiger charge is 2.42. The zero-order valence-electron chi connectivity index (χ0n) is 20.8. The van der Waals surface area contributed by atoms with Crippen LogP contribution in [-0.4, -0.2) is 67.2 Å². The highest BCUT2D eigenvalue weighted by atomic mass is 19.4. The lowest BCUT2D eigenvalue weighted by Gasteiger charge is -2.23. The van der Waals surface area contributed by atoms with Gasteiger partial charge in [0.2, 0.25) is 5.91 Å². The normalized spacial score (nSPS) is 14.8. The number of halogens is 3. The van der Waals surface area contributed by atoms with Crippen LogP contribution in [0.15, 0.2) is 42.5 Å². The molecule has 0 aliphatic carbocycles. The molecule has 1 heterocycles. The summed E-state index contributed by atoms with van der Waals surface area (Å²) < 4.78 is 41.6. The molecule has 0 radical (unpaired) electrons. The van der Waals surface area contributed by atoms with Crippen molar-refractivity contribution in [2.24, 2.45) is 0 Å². The molecule has 2 atom stereocenters. The summed E-state index contributed by atoms with van der Waals surface area (Å²) in [6.07, 6.45) is -3.98. The van der Waals surface area contributed by atoms with Crippen LogP contribution in [-0.2, 0) is 22.7 Å². The van der Waals surface area contributed by atoms with Crippen molar-refractivity contribution >= 4 is 24.0 Å². The summed E-state index contributed by atoms with van der Waals surface area (Å²) >= 11 is 0. The zero-order valence-corrected chi connectivity index (χ0v) is 20.8. The Morgan fingerprint density at radius 1 is 1.14 bits per heavy atom. The Balaban J connectivity index is 1.77. The second kappa shape index (κ2) is 11.5. The van der Waals surface area contributed by atoms with Crippen molar-refractivity contribution in [3.63, 3.8) is 0 Å². The van der Waals surface area contributed by atoms with E-state index in [1.54, 1.807) is 12.1 Å². The second-order valence-corrected chi connectivity index (χ2v) is 9.15. The van der Waals surface area contributed by atoms with Crippen molar-refractivity contribution < 1.29 is 32.3 Å². The van der Waals surface area contributed by atoms with Gasteiger partial charge in [-0.25, -0.2) is 0 Å². The number of carbonyl (C=O) groups excluding carboxylic acids is 4. The van der Waals surface area contributed by atoms with Crippen LogP contribution in [0.2, 0.25) is 0 Å². The summed E-state index contributed by atoms with van der Waals surface area (Å²) in [5.74, 6) is -1.66. The summed E-state index contributed by atoms with van der Waals surface area (Å²) in [5.41, 5.74) is 1.36. The molecule has 11 heteroatoms. The monoisotopic (exact) mass is 518 g/mol. The van der Waals surface area contributed by atoms with Crippen LogP contribution in [0.1, 0.15) is 56.3 Å². The fraction of sp³-hybridized carbons (Fsp3) is 0.385. The van der Waals surface area contributed by atoms with Gasteiger partial charge < -0.3 is 25.2 Å². The van der Waals surface area contributed by atoms with E-state index < -0.39 is 30.1 Å². The van der Waals surface area contributed by atoms with Crippen LogP contribution in [0, 0.1) is 0 Å². The van der Waals surface area contributed by atoms with Gasteiger partial charge in [0, 0.05) is 37.7 Å². The maximum absolute atomic E-state index is 13.9. The summed E-state index contributed by atoms with van der Waals surface area (Å²) in [5, 5.41) is 4.51. The molecule has 2 aromatic rings. The fourth-order valence-corrected chi connectivity index (χ4v) is 4.20. The van der Waals surface area contributed by atoms with Gasteiger partial charge in [-0.3, -0.25) is 14.4 Å². The molecule has 37 heavy (non-hydrogen) atoms. The fourth-order valence-electron chi connectivity index (χ4n) is 4.20. The molecule has 0 saturated heterocycles. The number of hydrogen-bond donors (Lipinski definition) is 2. The van der Waals surface area contributed by atoms with Crippen molar-refractivity contribution in [2.75, 3.05) is 21.1 Å². The average Bonchev–Trinajstić information content (AvgIpc) is 3.17. The van der Waals surface area contributed by atoms with Crippen molar-refractivity contribution in [1.29, 1.82) is 0 Å². The first-order valence-corrected chi connectivity index (χ1v) is 11.7. The lowest BCUT2D eigenvalue weighted by atomic mass is 10.0. The van der Waals surface area contributed by atoms with E-state index in [-0.39, 0.29) is 42.0 Å². The molecule has 0 aromatic heterocycles. The predicted octanol–water partition coefficient (Wildman–Crippen LogP) is 2.83. The van der Waals surface area contributed by atoms with Crippen molar-refractivity contribution in [2.45, 2.75) is 44.2 Å². The number of rotatable bonds is 10. The molecule has 0 fully saturated rings. The summed E-state index contributed by atoms with van der Waals surface area (Å²) in [6, 6.07) is 6.80. The average molecular weight is 519 g/mol. The van der Waals surface area contributed by atoms with Crippen molar-refractivity contribution in [1.82, 2.24) is 20.4 Å². The number of benzene rings is 2. The van der Waals surface area contributed by atoms with E-state index in [0.717, 1.165) is 5.56 Å². The Morgan fingerprint density at radius 2 is 1.81 bits per heavy atom. The number of aldehydes is 1. The van der Waals surface area contributed by atoms with E-state index in [9.17, 15) is 32.3 Å². The van der Waals surface area contributed by atoms with Crippen LogP contribution in [0.25, 0.3) is 0 Å². The van der Waals surface area contributed by atoms with E-state index in [1.807, 2.05) is 19.0 Å². The highest BCUT2D eigenvalue weighted by molar-refractivity contribution is 6.02. The number of fused-ring (bicyclic) bond motifs is 1. The van der Waals surface area contributed by atoms with Crippen LogP contribution in [0.3, 0.4) is 0 Å². The predicted molar refractivity (Wildman–Crippen MR) is 130 cm³/mol. The van der Waals surface area contributed by atoms with Gasteiger partial charge in [0.25, 0.3) is 11.8 Å². The molecule has 0 spiro atoms. The molecular weight excluding hydrogens is 489 g/mol. The smallest absolute Gasteiger partial charge is 0.359 e. The summed E-state index contributed by atoms with van der Waals surface area (Å²) in [6.45, 7) is 0.563. The Kier molecular flexibility index (Phi) is 8.69. The molecule has 3 amide bonds. The molecule has 2 aromatic carbocycles. The van der Waals surface area contributed by atoms with Gasteiger partial charge in [-0.15, -0.1) is 0 Å². The number of alkyl halides is 3. The molecule has 1 aliphatic heterocycles. The molecular formula is C26H29F3N4O4. The molecule has 1 aliphatic rings. The lowest BCUT2D eigenvalue weighted by Crippen LogP contribution is -2.38. The van der Waals surface area contributed by atoms with Crippen LogP contribution in [0.4, 0.5) is 13.2 Å². The molecule has 8 nitrogen and oxygen atoms in total. The van der Waals surface area contributed by atoms with Gasteiger partial charge in [0.1, 0.15) is 6.29 Å². The Morgan fingerprint density at radius 3 is 2.38 bits per heavy atom. The summed E-state index contributed by atoms with van der Waals surface area (Å²) in [7, 11) is 5.16. The van der Waals surface area contributed by atoms with E-state index in [1.165, 1.54) is 42.3 Å². The molecule has 3 rings (SSSR count). The Labute approximate surface area is 212 Å². The van der Waals surface area contributed by atoms with E-state index in [2.05, 4.69) is 10.6 Å². The first-order valence-electron chi connectivity index (χ1n) is 11.7. The number of hydrogen-bond acceptors (Lipinski definition) is 5. The number of nitrogens with zero attached hydrogens (tertiary/aromatic N) is 2. The van der Waals surface area contributed by atoms with Gasteiger partial charge in [-0.1, -0.05) is 24.3 Å². The van der Waals surface area contributed by atoms with Crippen LogP contribution in [0.5, 0.6) is 0 Å². The van der Waals surface area contributed by atoms with E-state index >= 15 is 0 Å². The van der Waals surface area contributed by atoms with Crippen LogP contribution >= 0.6 is 0 Å². The minimum atomic E-state index is -4.73. The molecule has 0 saturated carbocycles. The quantitative estimate of drug-likeness (QED) is 0.472. The van der Waals surface area contributed by atoms with E-state index in [0.29, 0.717) is 18.4 Å². The third kappa shape index (κ3) is 6.73. The largest absolute Gasteiger partial charge is 0.412 e. The van der Waals surface area contributed by atoms with Gasteiger partial charge >= 0.3 is 6.18 Å². The van der Waals surface area contributed by atoms with Gasteiger partial charge in [0.05, 0.1) is 6.04 Å². The Hall–Kier alpha value is -3.73. The third-order valence-electron chi connectivity index (χ3n) is 6.12. The standard InChI is InChI=1S/C26H29F3N4O4/c1-30-22(35)11-9-20(15-34)33-14-19-12-18(8-10-21(19)25(33)37)24(36)31-23(26(27,28)29)17-6-4-16(5-7-17)13-32(2)3/h4-8,10,12,15,20,23H,9,11,13-14H2,1-3H3,(H,30,35)(H,31,36)/t20?,23-/m1/s1. The third-order valence-corrected chi connectivity index (χ3v) is 6.12. The minimum absolute atomic E-state index is 0.00245. The lowest BCUT2D eigenvalue weighted by molar-refractivity contribution is -0.155. The van der Waals surface area contributed by atoms with Crippen molar-refractivity contribution in [3.8, 4) is 0 Å². The van der Waals surface area contributed by atoms with Crippen LogP contribution < -0.4 is 10.6 Å². The van der Waals surface area contributed by atoms with Gasteiger partial charge in [-0.2, -0.15) is 13.2 Å². The molecule has 1 unspecified atom stereocenters. The van der Waals surface area contributed by atoms with Gasteiger partial charge in [0.15, 0.2) is 6.04 Å².